The number of rotatable bonds is 8. The third-order valence-electron chi connectivity index (χ3n) is 4.79. The van der Waals surface area contributed by atoms with E-state index in [-0.39, 0.29) is 18.6 Å². The average Bonchev–Trinajstić information content (AvgIpc) is 2.74. The van der Waals surface area contributed by atoms with Crippen LogP contribution in [0.25, 0.3) is 10.9 Å². The summed E-state index contributed by atoms with van der Waals surface area (Å²) in [5.74, 6) is 0.129. The molecule has 0 radical (unpaired) electrons. The SMILES string of the molecule is COCCCn1c(=O)c2ccccc2n(CC(=O)Nc2cc(C)ccc2OC)c1=O. The number of carbonyl (C=O) groups is 1. The molecule has 1 N–H and O–H groups in total. The molecular weight excluding hydrogens is 386 g/mol. The van der Waals surface area contributed by atoms with E-state index >= 15 is 0 Å². The molecule has 1 heterocycles. The van der Waals surface area contributed by atoms with Gasteiger partial charge in [0.05, 0.1) is 23.7 Å². The summed E-state index contributed by atoms with van der Waals surface area (Å²) in [6.07, 6.45) is 0.511. The van der Waals surface area contributed by atoms with Crippen LogP contribution in [0.1, 0.15) is 12.0 Å². The second-order valence-electron chi connectivity index (χ2n) is 6.94. The quantitative estimate of drug-likeness (QED) is 0.574. The lowest BCUT2D eigenvalue weighted by Gasteiger charge is -2.15. The fourth-order valence-electron chi connectivity index (χ4n) is 3.34. The Hall–Kier alpha value is -3.39. The van der Waals surface area contributed by atoms with Gasteiger partial charge in [0.2, 0.25) is 5.91 Å². The first-order valence-corrected chi connectivity index (χ1v) is 9.62. The molecule has 30 heavy (non-hydrogen) atoms. The summed E-state index contributed by atoms with van der Waals surface area (Å²) < 4.78 is 12.8. The fraction of sp³-hybridized carbons (Fsp3) is 0.318. The first-order chi connectivity index (χ1) is 14.5. The van der Waals surface area contributed by atoms with Gasteiger partial charge in [-0.15, -0.1) is 0 Å². The van der Waals surface area contributed by atoms with E-state index in [2.05, 4.69) is 5.32 Å². The number of hydrogen-bond acceptors (Lipinski definition) is 5. The molecule has 0 aliphatic carbocycles. The van der Waals surface area contributed by atoms with Gasteiger partial charge < -0.3 is 14.8 Å². The van der Waals surface area contributed by atoms with E-state index in [0.717, 1.165) is 10.1 Å². The second-order valence-corrected chi connectivity index (χ2v) is 6.94. The van der Waals surface area contributed by atoms with Gasteiger partial charge in [0.15, 0.2) is 0 Å². The highest BCUT2D eigenvalue weighted by atomic mass is 16.5. The Morgan fingerprint density at radius 3 is 2.57 bits per heavy atom. The van der Waals surface area contributed by atoms with Gasteiger partial charge in [-0.25, -0.2) is 4.79 Å². The van der Waals surface area contributed by atoms with Gasteiger partial charge >= 0.3 is 5.69 Å². The highest BCUT2D eigenvalue weighted by molar-refractivity contribution is 5.93. The molecule has 0 spiro atoms. The van der Waals surface area contributed by atoms with Crippen LogP contribution >= 0.6 is 0 Å². The number of nitrogens with zero attached hydrogens (tertiary/aromatic N) is 2. The number of benzene rings is 2. The molecule has 0 fully saturated rings. The van der Waals surface area contributed by atoms with Gasteiger partial charge in [-0.05, 0) is 43.2 Å². The maximum Gasteiger partial charge on any atom is 0.331 e. The molecule has 0 aliphatic rings. The van der Waals surface area contributed by atoms with Crippen molar-refractivity contribution in [3.05, 3.63) is 68.9 Å². The molecule has 0 aliphatic heterocycles. The van der Waals surface area contributed by atoms with Crippen LogP contribution in [0.5, 0.6) is 5.75 Å². The molecule has 2 aromatic carbocycles. The summed E-state index contributed by atoms with van der Waals surface area (Å²) in [6.45, 7) is 2.31. The molecule has 0 saturated heterocycles. The Bertz CT molecular complexity index is 1180. The zero-order valence-corrected chi connectivity index (χ0v) is 17.3. The van der Waals surface area contributed by atoms with Gasteiger partial charge in [0.1, 0.15) is 12.3 Å². The van der Waals surface area contributed by atoms with Gasteiger partial charge in [-0.1, -0.05) is 18.2 Å². The Morgan fingerprint density at radius 1 is 1.07 bits per heavy atom. The first-order valence-electron chi connectivity index (χ1n) is 9.62. The number of aromatic nitrogens is 2. The molecule has 8 heteroatoms. The van der Waals surface area contributed by atoms with Crippen molar-refractivity contribution in [2.24, 2.45) is 0 Å². The molecule has 0 bridgehead atoms. The fourth-order valence-corrected chi connectivity index (χ4v) is 3.34. The lowest BCUT2D eigenvalue weighted by molar-refractivity contribution is -0.116. The van der Waals surface area contributed by atoms with Crippen molar-refractivity contribution in [3.63, 3.8) is 0 Å². The number of amides is 1. The van der Waals surface area contributed by atoms with Crippen LogP contribution in [0.3, 0.4) is 0 Å². The predicted octanol–water partition coefficient (Wildman–Crippen LogP) is 2.16. The summed E-state index contributed by atoms with van der Waals surface area (Å²) in [6, 6.07) is 12.2. The molecule has 1 amide bonds. The van der Waals surface area contributed by atoms with Gasteiger partial charge in [0.25, 0.3) is 5.56 Å². The molecule has 0 unspecified atom stereocenters. The number of ether oxygens (including phenoxy) is 2. The van der Waals surface area contributed by atoms with Crippen LogP contribution in [0.2, 0.25) is 0 Å². The third kappa shape index (κ3) is 4.44. The van der Waals surface area contributed by atoms with Crippen LogP contribution in [0, 0.1) is 6.92 Å². The monoisotopic (exact) mass is 411 g/mol. The third-order valence-corrected chi connectivity index (χ3v) is 4.79. The van der Waals surface area contributed by atoms with E-state index in [1.54, 1.807) is 43.5 Å². The average molecular weight is 411 g/mol. The van der Waals surface area contributed by atoms with E-state index in [9.17, 15) is 14.4 Å². The van der Waals surface area contributed by atoms with Crippen LogP contribution in [-0.2, 0) is 22.6 Å². The maximum absolute atomic E-state index is 13.0. The largest absolute Gasteiger partial charge is 0.495 e. The van der Waals surface area contributed by atoms with Crippen molar-refractivity contribution in [3.8, 4) is 5.75 Å². The molecule has 8 nitrogen and oxygen atoms in total. The summed E-state index contributed by atoms with van der Waals surface area (Å²) >= 11 is 0. The number of anilines is 1. The van der Waals surface area contributed by atoms with Gasteiger partial charge in [0, 0.05) is 20.3 Å². The number of aryl methyl sites for hydroxylation is 1. The smallest absolute Gasteiger partial charge is 0.331 e. The Balaban J connectivity index is 1.99. The van der Waals surface area contributed by atoms with E-state index in [1.165, 1.54) is 11.7 Å². The van der Waals surface area contributed by atoms with E-state index < -0.39 is 11.6 Å². The molecule has 1 aromatic heterocycles. The van der Waals surface area contributed by atoms with Crippen molar-refractivity contribution < 1.29 is 14.3 Å². The minimum Gasteiger partial charge on any atom is -0.495 e. The predicted molar refractivity (Wildman–Crippen MR) is 115 cm³/mol. The van der Waals surface area contributed by atoms with Gasteiger partial charge in [-0.3, -0.25) is 18.7 Å². The summed E-state index contributed by atoms with van der Waals surface area (Å²) in [7, 11) is 3.08. The number of nitrogens with one attached hydrogen (secondary N) is 1. The van der Waals surface area contributed by atoms with Crippen molar-refractivity contribution in [1.82, 2.24) is 9.13 Å². The van der Waals surface area contributed by atoms with E-state index in [1.807, 2.05) is 13.0 Å². The maximum atomic E-state index is 13.0. The number of hydrogen-bond donors (Lipinski definition) is 1. The highest BCUT2D eigenvalue weighted by Crippen LogP contribution is 2.25. The molecule has 0 saturated carbocycles. The molecule has 3 aromatic rings. The van der Waals surface area contributed by atoms with E-state index in [0.29, 0.717) is 35.4 Å². The minimum atomic E-state index is -0.527. The number of para-hydroxylation sites is 1. The van der Waals surface area contributed by atoms with Crippen LogP contribution in [0.15, 0.2) is 52.1 Å². The lowest BCUT2D eigenvalue weighted by atomic mass is 10.2. The summed E-state index contributed by atoms with van der Waals surface area (Å²) in [4.78, 5) is 38.6. The molecule has 0 atom stereocenters. The van der Waals surface area contributed by atoms with Crippen molar-refractivity contribution >= 4 is 22.5 Å². The molecule has 3 rings (SSSR count). The number of fused-ring (bicyclic) bond motifs is 1. The van der Waals surface area contributed by atoms with Crippen molar-refractivity contribution in [2.75, 3.05) is 26.1 Å². The Morgan fingerprint density at radius 2 is 1.83 bits per heavy atom. The van der Waals surface area contributed by atoms with Gasteiger partial charge in [-0.2, -0.15) is 0 Å². The normalized spacial score (nSPS) is 10.9. The van der Waals surface area contributed by atoms with E-state index in [4.69, 9.17) is 9.47 Å². The van der Waals surface area contributed by atoms with Crippen LogP contribution in [-0.4, -0.2) is 35.9 Å². The second kappa shape index (κ2) is 9.41. The topological polar surface area (TPSA) is 91.6 Å². The first kappa shape index (κ1) is 21.3. The molecular formula is C22H25N3O5. The standard InChI is InChI=1S/C22H25N3O5/c1-15-9-10-19(30-3)17(13-15)23-20(26)14-25-18-8-5-4-7-16(18)21(27)24(22(25)28)11-6-12-29-2/h4-5,7-10,13H,6,11-12,14H2,1-3H3,(H,23,26). The zero-order chi connectivity index (χ0) is 21.7. The van der Waals surface area contributed by atoms with Crippen LogP contribution in [0.4, 0.5) is 5.69 Å². The van der Waals surface area contributed by atoms with Crippen molar-refractivity contribution in [2.45, 2.75) is 26.4 Å². The Kier molecular flexibility index (Phi) is 6.68. The van der Waals surface area contributed by atoms with Crippen LogP contribution < -0.4 is 21.3 Å². The van der Waals surface area contributed by atoms with Crippen molar-refractivity contribution in [1.29, 1.82) is 0 Å². The number of carbonyl (C=O) groups excluding carboxylic acids is 1. The summed E-state index contributed by atoms with van der Waals surface area (Å²) in [5.41, 5.74) is 1.00. The molecule has 158 valence electrons. The summed E-state index contributed by atoms with van der Waals surface area (Å²) in [5, 5.41) is 3.18. The number of methoxy groups -OCH3 is 2. The minimum absolute atomic E-state index is 0.212. The highest BCUT2D eigenvalue weighted by Gasteiger charge is 2.16. The Labute approximate surface area is 173 Å². The lowest BCUT2D eigenvalue weighted by Crippen LogP contribution is -2.42. The zero-order valence-electron chi connectivity index (χ0n) is 17.3.